The van der Waals surface area contributed by atoms with Crippen LogP contribution in [-0.4, -0.2) is 24.8 Å². The van der Waals surface area contributed by atoms with Gasteiger partial charge in [0.25, 0.3) is 5.79 Å². The van der Waals surface area contributed by atoms with Crippen LogP contribution in [0, 0.1) is 5.82 Å². The number of halogens is 2. The van der Waals surface area contributed by atoms with E-state index >= 15 is 0 Å². The molecule has 0 radical (unpaired) electrons. The van der Waals surface area contributed by atoms with Crippen LogP contribution < -0.4 is 4.74 Å². The predicted molar refractivity (Wildman–Crippen MR) is 74.9 cm³/mol. The van der Waals surface area contributed by atoms with E-state index in [1.54, 1.807) is 0 Å². The van der Waals surface area contributed by atoms with Gasteiger partial charge >= 0.3 is 11.9 Å². The molecule has 0 spiro atoms. The van der Waals surface area contributed by atoms with Gasteiger partial charge in [-0.05, 0) is 18.2 Å². The molecule has 0 unspecified atom stereocenters. The van der Waals surface area contributed by atoms with Crippen molar-refractivity contribution in [2.24, 2.45) is 0 Å². The number of carbonyl (C=O) groups excluding carboxylic acids is 2. The largest absolute Gasteiger partial charge is 0.494 e. The van der Waals surface area contributed by atoms with Gasteiger partial charge in [0.1, 0.15) is 5.57 Å². The summed E-state index contributed by atoms with van der Waals surface area (Å²) in [6, 6.07) is 2.96. The van der Waals surface area contributed by atoms with Crippen molar-refractivity contribution in [1.29, 1.82) is 0 Å². The lowest BCUT2D eigenvalue weighted by atomic mass is 10.1. The zero-order chi connectivity index (χ0) is 15.8. The SMILES string of the molecule is COc1ccc(Br)c(C=C2C(=O)OC(C)(C)OC2=O)c1F. The molecule has 1 aromatic carbocycles. The van der Waals surface area contributed by atoms with E-state index in [0.717, 1.165) is 6.08 Å². The molecule has 0 aliphatic carbocycles. The molecule has 5 nitrogen and oxygen atoms in total. The molecular weight excluding hydrogens is 347 g/mol. The van der Waals surface area contributed by atoms with Gasteiger partial charge in [0.15, 0.2) is 11.6 Å². The quantitative estimate of drug-likeness (QED) is 0.462. The number of cyclic esters (lactones) is 2. The third-order valence-corrected chi connectivity index (χ3v) is 3.41. The number of rotatable bonds is 2. The minimum atomic E-state index is -1.34. The predicted octanol–water partition coefficient (Wildman–Crippen LogP) is 2.82. The zero-order valence-electron chi connectivity index (χ0n) is 11.5. The summed E-state index contributed by atoms with van der Waals surface area (Å²) in [5.41, 5.74) is -0.389. The molecule has 0 N–H and O–H groups in total. The van der Waals surface area contributed by atoms with Crippen molar-refractivity contribution in [2.45, 2.75) is 19.6 Å². The third-order valence-electron chi connectivity index (χ3n) is 2.72. The molecule has 0 aromatic heterocycles. The molecule has 1 aliphatic rings. The molecule has 112 valence electrons. The fourth-order valence-corrected chi connectivity index (χ4v) is 2.18. The van der Waals surface area contributed by atoms with Gasteiger partial charge in [-0.15, -0.1) is 0 Å². The minimum absolute atomic E-state index is 0.00189. The Morgan fingerprint density at radius 1 is 1.24 bits per heavy atom. The summed E-state index contributed by atoms with van der Waals surface area (Å²) < 4.78 is 29.3. The summed E-state index contributed by atoms with van der Waals surface area (Å²) in [7, 11) is 1.31. The van der Waals surface area contributed by atoms with Gasteiger partial charge in [-0.25, -0.2) is 14.0 Å². The van der Waals surface area contributed by atoms with E-state index in [-0.39, 0.29) is 16.9 Å². The van der Waals surface area contributed by atoms with Crippen molar-refractivity contribution >= 4 is 33.9 Å². The molecular formula is C14H12BrFO5. The lowest BCUT2D eigenvalue weighted by Gasteiger charge is -2.29. The molecule has 7 heteroatoms. The van der Waals surface area contributed by atoms with E-state index in [4.69, 9.17) is 14.2 Å². The topological polar surface area (TPSA) is 61.8 Å². The molecule has 1 fully saturated rings. The second-order valence-corrected chi connectivity index (χ2v) is 5.57. The van der Waals surface area contributed by atoms with E-state index in [2.05, 4.69) is 15.9 Å². The molecule has 0 saturated carbocycles. The van der Waals surface area contributed by atoms with Crippen molar-refractivity contribution in [3.8, 4) is 5.75 Å². The zero-order valence-corrected chi connectivity index (χ0v) is 13.1. The maximum Gasteiger partial charge on any atom is 0.348 e. The Balaban J connectivity index is 2.49. The minimum Gasteiger partial charge on any atom is -0.494 e. The van der Waals surface area contributed by atoms with Gasteiger partial charge in [0.05, 0.1) is 7.11 Å². The number of ether oxygens (including phenoxy) is 3. The van der Waals surface area contributed by atoms with Gasteiger partial charge in [0, 0.05) is 23.9 Å². The maximum atomic E-state index is 14.2. The van der Waals surface area contributed by atoms with Gasteiger partial charge in [-0.1, -0.05) is 15.9 Å². The van der Waals surface area contributed by atoms with Crippen LogP contribution in [0.15, 0.2) is 22.2 Å². The standard InChI is InChI=1S/C14H12BrFO5/c1-14(2)20-12(17)8(13(18)21-14)6-7-9(15)4-5-10(19-3)11(7)16/h4-6H,1-3H3. The molecule has 0 bridgehead atoms. The number of hydrogen-bond acceptors (Lipinski definition) is 5. The number of benzene rings is 1. The Hall–Kier alpha value is -1.89. The molecule has 1 aromatic rings. The lowest BCUT2D eigenvalue weighted by molar-refractivity contribution is -0.222. The first-order chi connectivity index (χ1) is 9.75. The molecule has 1 heterocycles. The first kappa shape index (κ1) is 15.5. The fourth-order valence-electron chi connectivity index (χ4n) is 1.76. The Morgan fingerprint density at radius 3 is 2.33 bits per heavy atom. The van der Waals surface area contributed by atoms with E-state index in [9.17, 15) is 14.0 Å². The molecule has 0 amide bonds. The summed E-state index contributed by atoms with van der Waals surface area (Å²) in [6.45, 7) is 2.86. The van der Waals surface area contributed by atoms with Crippen molar-refractivity contribution in [1.82, 2.24) is 0 Å². The summed E-state index contributed by atoms with van der Waals surface area (Å²) in [6.07, 6.45) is 1.07. The second-order valence-electron chi connectivity index (χ2n) is 4.71. The van der Waals surface area contributed by atoms with E-state index < -0.39 is 23.5 Å². The van der Waals surface area contributed by atoms with E-state index in [1.807, 2.05) is 0 Å². The first-order valence-electron chi connectivity index (χ1n) is 5.95. The summed E-state index contributed by atoms with van der Waals surface area (Å²) in [4.78, 5) is 23.7. The number of hydrogen-bond donors (Lipinski definition) is 0. The van der Waals surface area contributed by atoms with Crippen molar-refractivity contribution < 1.29 is 28.2 Å². The van der Waals surface area contributed by atoms with E-state index in [1.165, 1.54) is 33.1 Å². The maximum absolute atomic E-state index is 14.2. The van der Waals surface area contributed by atoms with Crippen LogP contribution in [0.4, 0.5) is 4.39 Å². The number of methoxy groups -OCH3 is 1. The fraction of sp³-hybridized carbons (Fsp3) is 0.286. The van der Waals surface area contributed by atoms with Gasteiger partial charge in [0.2, 0.25) is 0 Å². The van der Waals surface area contributed by atoms with Crippen LogP contribution in [0.5, 0.6) is 5.75 Å². The van der Waals surface area contributed by atoms with Crippen LogP contribution in [-0.2, 0) is 19.1 Å². The molecule has 1 aliphatic heterocycles. The lowest BCUT2D eigenvalue weighted by Crippen LogP contribution is -2.41. The average Bonchev–Trinajstić information content (AvgIpc) is 2.36. The third kappa shape index (κ3) is 3.07. The second kappa shape index (κ2) is 5.48. The van der Waals surface area contributed by atoms with Gasteiger partial charge in [-0.3, -0.25) is 0 Å². The van der Waals surface area contributed by atoms with Crippen molar-refractivity contribution in [2.75, 3.05) is 7.11 Å². The number of carbonyl (C=O) groups is 2. The summed E-state index contributed by atoms with van der Waals surface area (Å²) in [5, 5.41) is 0. The normalized spacial score (nSPS) is 17.1. The molecule has 1 saturated heterocycles. The highest BCUT2D eigenvalue weighted by Gasteiger charge is 2.39. The van der Waals surface area contributed by atoms with Crippen LogP contribution in [0.2, 0.25) is 0 Å². The highest BCUT2D eigenvalue weighted by molar-refractivity contribution is 9.10. The highest BCUT2D eigenvalue weighted by Crippen LogP contribution is 2.31. The Kier molecular flexibility index (Phi) is 4.04. The van der Waals surface area contributed by atoms with Crippen LogP contribution >= 0.6 is 15.9 Å². The average molecular weight is 359 g/mol. The summed E-state index contributed by atoms with van der Waals surface area (Å²) in [5.74, 6) is -3.79. The van der Waals surface area contributed by atoms with Crippen molar-refractivity contribution in [3.63, 3.8) is 0 Å². The molecule has 0 atom stereocenters. The van der Waals surface area contributed by atoms with Crippen LogP contribution in [0.25, 0.3) is 6.08 Å². The Morgan fingerprint density at radius 2 is 1.81 bits per heavy atom. The molecule has 21 heavy (non-hydrogen) atoms. The number of esters is 2. The van der Waals surface area contributed by atoms with Gasteiger partial charge < -0.3 is 14.2 Å². The van der Waals surface area contributed by atoms with Crippen LogP contribution in [0.3, 0.4) is 0 Å². The smallest absolute Gasteiger partial charge is 0.348 e. The summed E-state index contributed by atoms with van der Waals surface area (Å²) >= 11 is 3.16. The highest BCUT2D eigenvalue weighted by atomic mass is 79.9. The first-order valence-corrected chi connectivity index (χ1v) is 6.75. The van der Waals surface area contributed by atoms with E-state index in [0.29, 0.717) is 4.47 Å². The monoisotopic (exact) mass is 358 g/mol. The van der Waals surface area contributed by atoms with Gasteiger partial charge in [-0.2, -0.15) is 0 Å². The van der Waals surface area contributed by atoms with Crippen molar-refractivity contribution in [3.05, 3.63) is 33.6 Å². The Labute approximate surface area is 128 Å². The Bertz CT molecular complexity index is 629. The van der Waals surface area contributed by atoms with Crippen LogP contribution in [0.1, 0.15) is 19.4 Å². The molecule has 2 rings (SSSR count).